The van der Waals surface area contributed by atoms with Crippen molar-refractivity contribution in [1.82, 2.24) is 14.7 Å². The average Bonchev–Trinajstić information content (AvgIpc) is 2.77. The summed E-state index contributed by atoms with van der Waals surface area (Å²) in [6.07, 6.45) is 1.73. The lowest BCUT2D eigenvalue weighted by atomic mass is 10.2. The Hall–Kier alpha value is -1.94. The number of carbonyl (C=O) groups is 2. The SMILES string of the molecule is NC(=O)CCC(NS(=O)(=O)c1cnc[nH]1)C(=O)O. The van der Waals surface area contributed by atoms with Gasteiger partial charge >= 0.3 is 5.97 Å². The zero-order valence-corrected chi connectivity index (χ0v) is 9.98. The number of sulfonamides is 1. The number of rotatable bonds is 7. The van der Waals surface area contributed by atoms with Crippen molar-refractivity contribution in [3.63, 3.8) is 0 Å². The first-order valence-electron chi connectivity index (χ1n) is 4.85. The summed E-state index contributed by atoms with van der Waals surface area (Å²) in [4.78, 5) is 27.3. The maximum Gasteiger partial charge on any atom is 0.321 e. The van der Waals surface area contributed by atoms with Gasteiger partial charge in [0.15, 0.2) is 5.03 Å². The van der Waals surface area contributed by atoms with E-state index in [4.69, 9.17) is 10.8 Å². The van der Waals surface area contributed by atoms with Gasteiger partial charge in [0.2, 0.25) is 5.91 Å². The Bertz CT molecular complexity index is 524. The molecule has 0 bridgehead atoms. The molecule has 1 rings (SSSR count). The lowest BCUT2D eigenvalue weighted by molar-refractivity contribution is -0.139. The summed E-state index contributed by atoms with van der Waals surface area (Å²) in [7, 11) is -4.01. The third-order valence-electron chi connectivity index (χ3n) is 2.04. The van der Waals surface area contributed by atoms with Crippen LogP contribution in [0.3, 0.4) is 0 Å². The van der Waals surface area contributed by atoms with Crippen molar-refractivity contribution in [3.05, 3.63) is 12.5 Å². The molecule has 9 nitrogen and oxygen atoms in total. The smallest absolute Gasteiger partial charge is 0.321 e. The van der Waals surface area contributed by atoms with Crippen molar-refractivity contribution in [2.75, 3.05) is 0 Å². The van der Waals surface area contributed by atoms with Crippen LogP contribution in [0.4, 0.5) is 0 Å². The predicted octanol–water partition coefficient (Wildman–Crippen LogP) is -1.59. The number of carbonyl (C=O) groups excluding carboxylic acids is 1. The second-order valence-corrected chi connectivity index (χ2v) is 5.12. The van der Waals surface area contributed by atoms with Gasteiger partial charge in [0, 0.05) is 6.42 Å². The Morgan fingerprint density at radius 3 is 2.67 bits per heavy atom. The number of imidazole rings is 1. The zero-order valence-electron chi connectivity index (χ0n) is 9.16. The molecule has 1 aromatic rings. The van der Waals surface area contributed by atoms with Gasteiger partial charge in [-0.1, -0.05) is 0 Å². The largest absolute Gasteiger partial charge is 0.480 e. The number of nitrogens with two attached hydrogens (primary N) is 1. The topological polar surface area (TPSA) is 155 Å². The second kappa shape index (κ2) is 5.60. The predicted molar refractivity (Wildman–Crippen MR) is 58.8 cm³/mol. The third kappa shape index (κ3) is 3.82. The molecule has 1 heterocycles. The lowest BCUT2D eigenvalue weighted by Gasteiger charge is -2.12. The van der Waals surface area contributed by atoms with Crippen LogP contribution >= 0.6 is 0 Å². The van der Waals surface area contributed by atoms with E-state index in [0.29, 0.717) is 0 Å². The number of nitrogens with one attached hydrogen (secondary N) is 2. The van der Waals surface area contributed by atoms with Crippen LogP contribution in [-0.4, -0.2) is 41.4 Å². The van der Waals surface area contributed by atoms with Gasteiger partial charge in [0.05, 0.1) is 12.5 Å². The molecular weight excluding hydrogens is 264 g/mol. The summed E-state index contributed by atoms with van der Waals surface area (Å²) >= 11 is 0. The molecule has 18 heavy (non-hydrogen) atoms. The molecule has 0 aliphatic heterocycles. The van der Waals surface area contributed by atoms with Gasteiger partial charge in [-0.05, 0) is 6.42 Å². The summed E-state index contributed by atoms with van der Waals surface area (Å²) < 4.78 is 25.3. The highest BCUT2D eigenvalue weighted by Crippen LogP contribution is 2.06. The van der Waals surface area contributed by atoms with E-state index in [1.54, 1.807) is 0 Å². The lowest BCUT2D eigenvalue weighted by Crippen LogP contribution is -2.41. The van der Waals surface area contributed by atoms with E-state index in [9.17, 15) is 18.0 Å². The fourth-order valence-corrected chi connectivity index (χ4v) is 2.29. The van der Waals surface area contributed by atoms with Gasteiger partial charge in [-0.15, -0.1) is 0 Å². The molecule has 0 aromatic carbocycles. The van der Waals surface area contributed by atoms with Gasteiger partial charge < -0.3 is 15.8 Å². The Morgan fingerprint density at radius 1 is 1.56 bits per heavy atom. The number of aromatic nitrogens is 2. The maximum absolute atomic E-state index is 11.7. The Balaban J connectivity index is 2.78. The molecule has 0 fully saturated rings. The minimum absolute atomic E-state index is 0.224. The van der Waals surface area contributed by atoms with Crippen molar-refractivity contribution in [2.45, 2.75) is 23.9 Å². The highest BCUT2D eigenvalue weighted by Gasteiger charge is 2.26. The Kier molecular flexibility index (Phi) is 4.39. The molecule has 1 aromatic heterocycles. The van der Waals surface area contributed by atoms with E-state index in [-0.39, 0.29) is 17.9 Å². The van der Waals surface area contributed by atoms with E-state index < -0.39 is 27.9 Å². The standard InChI is InChI=1S/C8H12N4O5S/c9-6(13)2-1-5(8(14)15)12-18(16,17)7-3-10-4-11-7/h3-5,12H,1-2H2,(H2,9,13)(H,10,11)(H,14,15). The first-order valence-corrected chi connectivity index (χ1v) is 6.33. The maximum atomic E-state index is 11.7. The van der Waals surface area contributed by atoms with E-state index in [1.165, 1.54) is 0 Å². The quantitative estimate of drug-likeness (QED) is 0.470. The fraction of sp³-hybridized carbons (Fsp3) is 0.375. The van der Waals surface area contributed by atoms with Crippen LogP contribution in [0.15, 0.2) is 17.6 Å². The number of H-pyrrole nitrogens is 1. The average molecular weight is 276 g/mol. The highest BCUT2D eigenvalue weighted by molar-refractivity contribution is 7.89. The van der Waals surface area contributed by atoms with Gasteiger partial charge in [0.25, 0.3) is 10.0 Å². The van der Waals surface area contributed by atoms with Crippen LogP contribution < -0.4 is 10.5 Å². The van der Waals surface area contributed by atoms with Crippen LogP contribution in [0.5, 0.6) is 0 Å². The molecule has 0 saturated carbocycles. The number of nitrogens with zero attached hydrogens (tertiary/aromatic N) is 1. The third-order valence-corrected chi connectivity index (χ3v) is 3.43. The van der Waals surface area contributed by atoms with Crippen molar-refractivity contribution in [3.8, 4) is 0 Å². The van der Waals surface area contributed by atoms with E-state index in [2.05, 4.69) is 9.97 Å². The van der Waals surface area contributed by atoms with Crippen LogP contribution in [0, 0.1) is 0 Å². The number of aromatic amines is 1. The number of carboxylic acids is 1. The normalized spacial score (nSPS) is 13.1. The minimum atomic E-state index is -4.01. The van der Waals surface area contributed by atoms with Gasteiger partial charge in [0.1, 0.15) is 6.04 Å². The van der Waals surface area contributed by atoms with Gasteiger partial charge in [-0.2, -0.15) is 4.72 Å². The van der Waals surface area contributed by atoms with Crippen molar-refractivity contribution in [1.29, 1.82) is 0 Å². The first-order chi connectivity index (χ1) is 8.33. The number of hydrogen-bond acceptors (Lipinski definition) is 5. The summed E-state index contributed by atoms with van der Waals surface area (Å²) in [6, 6.07) is -1.43. The molecule has 0 radical (unpaired) electrons. The first kappa shape index (κ1) is 14.1. The number of primary amides is 1. The number of amides is 1. The van der Waals surface area contributed by atoms with E-state index in [0.717, 1.165) is 12.5 Å². The molecule has 100 valence electrons. The number of hydrogen-bond donors (Lipinski definition) is 4. The summed E-state index contributed by atoms with van der Waals surface area (Å²) in [5, 5.41) is 8.59. The molecule has 1 unspecified atom stereocenters. The van der Waals surface area contributed by atoms with Crippen molar-refractivity contribution >= 4 is 21.9 Å². The van der Waals surface area contributed by atoms with Crippen LogP contribution in [0.2, 0.25) is 0 Å². The second-order valence-electron chi connectivity index (χ2n) is 3.43. The highest BCUT2D eigenvalue weighted by atomic mass is 32.2. The molecule has 5 N–H and O–H groups in total. The zero-order chi connectivity index (χ0) is 13.8. The molecule has 0 aliphatic rings. The molecule has 1 atom stereocenters. The molecular formula is C8H12N4O5S. The summed E-state index contributed by atoms with van der Waals surface area (Å²) in [5.74, 6) is -2.10. The van der Waals surface area contributed by atoms with Crippen molar-refractivity contribution < 1.29 is 23.1 Å². The minimum Gasteiger partial charge on any atom is -0.480 e. The molecule has 0 spiro atoms. The molecule has 0 aliphatic carbocycles. The van der Waals surface area contributed by atoms with E-state index >= 15 is 0 Å². The Labute approximate surface area is 102 Å². The molecule has 0 saturated heterocycles. The number of carboxylic acid groups (broad SMARTS) is 1. The van der Waals surface area contributed by atoms with E-state index in [1.807, 2.05) is 4.72 Å². The number of aliphatic carboxylic acids is 1. The molecule has 10 heteroatoms. The van der Waals surface area contributed by atoms with Crippen LogP contribution in [-0.2, 0) is 19.6 Å². The van der Waals surface area contributed by atoms with Gasteiger partial charge in [-0.3, -0.25) is 9.59 Å². The van der Waals surface area contributed by atoms with Crippen LogP contribution in [0.25, 0.3) is 0 Å². The summed E-state index contributed by atoms with van der Waals surface area (Å²) in [5.41, 5.74) is 4.87. The monoisotopic (exact) mass is 276 g/mol. The summed E-state index contributed by atoms with van der Waals surface area (Å²) in [6.45, 7) is 0. The molecule has 1 amide bonds. The van der Waals surface area contributed by atoms with Crippen molar-refractivity contribution in [2.24, 2.45) is 5.73 Å². The fourth-order valence-electron chi connectivity index (χ4n) is 1.16. The van der Waals surface area contributed by atoms with Crippen LogP contribution in [0.1, 0.15) is 12.8 Å². The van der Waals surface area contributed by atoms with Gasteiger partial charge in [-0.25, -0.2) is 13.4 Å². The Morgan fingerprint density at radius 2 is 2.22 bits per heavy atom.